The number of likely N-dealkylation sites (tertiary alicyclic amines) is 1. The molecule has 0 saturated carbocycles. The second-order valence-electron chi connectivity index (χ2n) is 5.51. The van der Waals surface area contributed by atoms with Crippen LogP contribution in [0.3, 0.4) is 0 Å². The van der Waals surface area contributed by atoms with Crippen molar-refractivity contribution < 1.29 is 4.79 Å². The highest BCUT2D eigenvalue weighted by Gasteiger charge is 2.25. The van der Waals surface area contributed by atoms with Crippen LogP contribution in [0.2, 0.25) is 0 Å². The third kappa shape index (κ3) is 3.55. The number of carbonyl (C=O) groups is 1. The highest BCUT2D eigenvalue weighted by Crippen LogP contribution is 2.16. The maximum absolute atomic E-state index is 12.2. The molecule has 3 N–H and O–H groups in total. The monoisotopic (exact) mass is 261 g/mol. The van der Waals surface area contributed by atoms with Crippen molar-refractivity contribution in [3.8, 4) is 0 Å². The lowest BCUT2D eigenvalue weighted by Gasteiger charge is -2.35. The first-order valence-electron chi connectivity index (χ1n) is 6.88. The number of nitrogens with zero attached hydrogens (tertiary/aromatic N) is 1. The Balaban J connectivity index is 1.96. The Bertz CT molecular complexity index is 430. The fourth-order valence-electron chi connectivity index (χ4n) is 2.61. The molecule has 1 amide bonds. The second kappa shape index (κ2) is 6.17. The van der Waals surface area contributed by atoms with Crippen LogP contribution >= 0.6 is 0 Å². The normalized spacial score (nSPS) is 24.2. The van der Waals surface area contributed by atoms with Crippen molar-refractivity contribution in [1.82, 2.24) is 10.2 Å². The second-order valence-corrected chi connectivity index (χ2v) is 5.51. The van der Waals surface area contributed by atoms with Crippen molar-refractivity contribution >= 4 is 5.91 Å². The van der Waals surface area contributed by atoms with Crippen molar-refractivity contribution in [1.29, 1.82) is 0 Å². The number of carbonyl (C=O) groups excluding carboxylic acids is 1. The predicted octanol–water partition coefficient (Wildman–Crippen LogP) is 1.22. The molecule has 1 aliphatic heterocycles. The smallest absolute Gasteiger partial charge is 0.251 e. The van der Waals surface area contributed by atoms with Crippen LogP contribution in [0, 0.1) is 5.92 Å². The fourth-order valence-corrected chi connectivity index (χ4v) is 2.61. The number of amides is 1. The summed E-state index contributed by atoms with van der Waals surface area (Å²) in [6.45, 7) is 4.78. The summed E-state index contributed by atoms with van der Waals surface area (Å²) in [5.41, 5.74) is 7.31. The Hall–Kier alpha value is -1.39. The molecule has 2 rings (SSSR count). The van der Waals surface area contributed by atoms with E-state index < -0.39 is 0 Å². The minimum atomic E-state index is 0.0185. The Morgan fingerprint density at radius 1 is 1.42 bits per heavy atom. The number of piperidine rings is 1. The van der Waals surface area contributed by atoms with E-state index in [9.17, 15) is 4.79 Å². The first kappa shape index (κ1) is 14.0. The first-order valence-corrected chi connectivity index (χ1v) is 6.88. The molecule has 19 heavy (non-hydrogen) atoms. The number of benzene rings is 1. The van der Waals surface area contributed by atoms with Gasteiger partial charge in [-0.1, -0.05) is 19.1 Å². The Morgan fingerprint density at radius 3 is 2.68 bits per heavy atom. The third-order valence-electron chi connectivity index (χ3n) is 3.88. The van der Waals surface area contributed by atoms with Crippen LogP contribution in [0.4, 0.5) is 0 Å². The van der Waals surface area contributed by atoms with Crippen molar-refractivity contribution in [2.45, 2.75) is 25.9 Å². The molecule has 1 aromatic rings. The van der Waals surface area contributed by atoms with Gasteiger partial charge in [0.05, 0.1) is 0 Å². The average molecular weight is 261 g/mol. The molecule has 0 aliphatic carbocycles. The van der Waals surface area contributed by atoms with Gasteiger partial charge in [0, 0.05) is 24.7 Å². The Labute approximate surface area is 115 Å². The zero-order chi connectivity index (χ0) is 13.8. The molecular formula is C15H23N3O. The van der Waals surface area contributed by atoms with Crippen LogP contribution < -0.4 is 11.1 Å². The fraction of sp³-hybridized carbons (Fsp3) is 0.533. The quantitative estimate of drug-likeness (QED) is 0.860. The summed E-state index contributed by atoms with van der Waals surface area (Å²) in [4.78, 5) is 14.5. The van der Waals surface area contributed by atoms with Gasteiger partial charge in [-0.25, -0.2) is 0 Å². The molecule has 1 fully saturated rings. The number of hydrogen-bond acceptors (Lipinski definition) is 3. The van der Waals surface area contributed by atoms with Crippen LogP contribution in [-0.2, 0) is 6.54 Å². The van der Waals surface area contributed by atoms with E-state index in [2.05, 4.69) is 24.2 Å². The van der Waals surface area contributed by atoms with Gasteiger partial charge in [-0.2, -0.15) is 0 Å². The van der Waals surface area contributed by atoms with Gasteiger partial charge < -0.3 is 16.0 Å². The molecule has 2 unspecified atom stereocenters. The van der Waals surface area contributed by atoms with E-state index in [4.69, 9.17) is 5.73 Å². The minimum absolute atomic E-state index is 0.0185. The van der Waals surface area contributed by atoms with Gasteiger partial charge in [0.15, 0.2) is 0 Å². The van der Waals surface area contributed by atoms with Crippen molar-refractivity contribution in [3.05, 3.63) is 35.4 Å². The van der Waals surface area contributed by atoms with Gasteiger partial charge in [0.1, 0.15) is 0 Å². The van der Waals surface area contributed by atoms with E-state index in [1.165, 1.54) is 0 Å². The van der Waals surface area contributed by atoms with Crippen molar-refractivity contribution in [2.75, 3.05) is 20.1 Å². The Kier molecular flexibility index (Phi) is 4.56. The standard InChI is InChI=1S/C15H23N3O/c1-11-10-18(2)8-7-14(11)17-15(19)13-5-3-12(9-16)4-6-13/h3-6,11,14H,7-10,16H2,1-2H3,(H,17,19). The molecule has 0 radical (unpaired) electrons. The highest BCUT2D eigenvalue weighted by molar-refractivity contribution is 5.94. The Morgan fingerprint density at radius 2 is 2.11 bits per heavy atom. The predicted molar refractivity (Wildman–Crippen MR) is 76.9 cm³/mol. The molecule has 1 aromatic carbocycles. The van der Waals surface area contributed by atoms with E-state index in [0.29, 0.717) is 18.0 Å². The van der Waals surface area contributed by atoms with E-state index in [-0.39, 0.29) is 11.9 Å². The zero-order valence-corrected chi connectivity index (χ0v) is 11.7. The lowest BCUT2D eigenvalue weighted by Crippen LogP contribution is -2.48. The molecular weight excluding hydrogens is 238 g/mol. The summed E-state index contributed by atoms with van der Waals surface area (Å²) in [5, 5.41) is 3.15. The molecule has 1 aliphatic rings. The maximum atomic E-state index is 12.2. The molecule has 4 heteroatoms. The largest absolute Gasteiger partial charge is 0.349 e. The van der Waals surface area contributed by atoms with Gasteiger partial charge in [-0.15, -0.1) is 0 Å². The SMILES string of the molecule is CC1CN(C)CCC1NC(=O)c1ccc(CN)cc1. The van der Waals surface area contributed by atoms with Gasteiger partial charge in [-0.05, 0) is 43.6 Å². The summed E-state index contributed by atoms with van der Waals surface area (Å²) in [6, 6.07) is 7.78. The lowest BCUT2D eigenvalue weighted by molar-refractivity contribution is 0.0884. The minimum Gasteiger partial charge on any atom is -0.349 e. The number of nitrogens with one attached hydrogen (secondary N) is 1. The van der Waals surface area contributed by atoms with E-state index >= 15 is 0 Å². The number of hydrogen-bond donors (Lipinski definition) is 2. The van der Waals surface area contributed by atoms with Gasteiger partial charge in [0.25, 0.3) is 5.91 Å². The van der Waals surface area contributed by atoms with Crippen LogP contribution in [0.5, 0.6) is 0 Å². The van der Waals surface area contributed by atoms with Gasteiger partial charge >= 0.3 is 0 Å². The maximum Gasteiger partial charge on any atom is 0.251 e. The van der Waals surface area contributed by atoms with Gasteiger partial charge in [0.2, 0.25) is 0 Å². The third-order valence-corrected chi connectivity index (χ3v) is 3.88. The zero-order valence-electron chi connectivity index (χ0n) is 11.7. The number of rotatable bonds is 3. The van der Waals surface area contributed by atoms with Crippen LogP contribution in [0.15, 0.2) is 24.3 Å². The van der Waals surface area contributed by atoms with Gasteiger partial charge in [-0.3, -0.25) is 4.79 Å². The lowest BCUT2D eigenvalue weighted by atomic mass is 9.94. The molecule has 0 bridgehead atoms. The molecule has 1 saturated heterocycles. The summed E-state index contributed by atoms with van der Waals surface area (Å²) in [5.74, 6) is 0.510. The summed E-state index contributed by atoms with van der Waals surface area (Å²) in [6.07, 6.45) is 1.02. The number of nitrogens with two attached hydrogens (primary N) is 1. The van der Waals surface area contributed by atoms with Crippen LogP contribution in [0.1, 0.15) is 29.3 Å². The first-order chi connectivity index (χ1) is 9.10. The molecule has 4 nitrogen and oxygen atoms in total. The van der Waals surface area contributed by atoms with Crippen molar-refractivity contribution in [3.63, 3.8) is 0 Å². The summed E-state index contributed by atoms with van der Waals surface area (Å²) < 4.78 is 0. The molecule has 0 aromatic heterocycles. The highest BCUT2D eigenvalue weighted by atomic mass is 16.1. The van der Waals surface area contributed by atoms with E-state index in [1.54, 1.807) is 0 Å². The summed E-state index contributed by atoms with van der Waals surface area (Å²) >= 11 is 0. The van der Waals surface area contributed by atoms with Crippen molar-refractivity contribution in [2.24, 2.45) is 11.7 Å². The average Bonchev–Trinajstić information content (AvgIpc) is 2.42. The van der Waals surface area contributed by atoms with Crippen LogP contribution in [-0.4, -0.2) is 37.0 Å². The molecule has 104 valence electrons. The topological polar surface area (TPSA) is 58.4 Å². The molecule has 1 heterocycles. The summed E-state index contributed by atoms with van der Waals surface area (Å²) in [7, 11) is 2.13. The van der Waals surface area contributed by atoms with E-state index in [0.717, 1.165) is 25.1 Å². The van der Waals surface area contributed by atoms with E-state index in [1.807, 2.05) is 24.3 Å². The molecule has 0 spiro atoms. The molecule has 2 atom stereocenters. The van der Waals surface area contributed by atoms with Crippen LogP contribution in [0.25, 0.3) is 0 Å².